The number of rotatable bonds is 5. The smallest absolute Gasteiger partial charge is 0.309 e. The number of Topliss-reactive ketones (excluding diaryl/α,β-unsaturated/α-hetero) is 1. The third-order valence-electron chi connectivity index (χ3n) is 12.0. The Kier molecular flexibility index (Phi) is 7.14. The molecule has 2 N–H and O–H groups in total. The van der Waals surface area contributed by atoms with Gasteiger partial charge in [0, 0.05) is 29.7 Å². The molecule has 1 heterocycles. The third-order valence-corrected chi connectivity index (χ3v) is 12.0. The van der Waals surface area contributed by atoms with Crippen LogP contribution in [0.2, 0.25) is 0 Å². The monoisotopic (exact) mass is 601 g/mol. The van der Waals surface area contributed by atoms with Crippen molar-refractivity contribution in [3.8, 4) is 0 Å². The highest BCUT2D eigenvalue weighted by Crippen LogP contribution is 2.72. The van der Waals surface area contributed by atoms with Gasteiger partial charge in [-0.2, -0.15) is 0 Å². The number of amides is 1. The molecule has 0 aromatic carbocycles. The molecule has 6 rings (SSSR count). The predicted octanol–water partition coefficient (Wildman–Crippen LogP) is 3.52. The van der Waals surface area contributed by atoms with Crippen LogP contribution < -0.4 is 5.32 Å². The summed E-state index contributed by atoms with van der Waals surface area (Å²) in [6.45, 7) is 6.56. The SMILES string of the molecule is CNC(=O)C1CCCC(C(=O)OCC(=O)[C@@]23OC(C)(C)O[C@@H]2C[C@H]2[C@@H]4CCC5=CC(=O)C=C[C@]5(C)[C@@]4(F)[C@@H](O)C[C@@]23C)C1. The maximum Gasteiger partial charge on any atom is 0.309 e. The van der Waals surface area contributed by atoms with Crippen molar-refractivity contribution in [2.45, 2.75) is 108 Å². The van der Waals surface area contributed by atoms with E-state index in [0.717, 1.165) is 0 Å². The average Bonchev–Trinajstić information content (AvgIpc) is 3.37. The van der Waals surface area contributed by atoms with Gasteiger partial charge in [-0.3, -0.25) is 19.2 Å². The summed E-state index contributed by atoms with van der Waals surface area (Å²) in [6.07, 6.45) is 5.95. The fourth-order valence-electron chi connectivity index (χ4n) is 10.0. The first-order valence-corrected chi connectivity index (χ1v) is 15.7. The molecule has 236 valence electrons. The minimum Gasteiger partial charge on any atom is -0.457 e. The van der Waals surface area contributed by atoms with E-state index in [0.29, 0.717) is 50.5 Å². The number of allylic oxidation sites excluding steroid dienone is 4. The number of alkyl halides is 1. The number of halogens is 1. The molecule has 1 amide bonds. The van der Waals surface area contributed by atoms with Gasteiger partial charge in [-0.1, -0.05) is 25.0 Å². The Balaban J connectivity index is 1.28. The van der Waals surface area contributed by atoms with Crippen LogP contribution in [0.5, 0.6) is 0 Å². The topological polar surface area (TPSA) is 128 Å². The number of carbonyl (C=O) groups excluding carboxylic acids is 4. The number of aliphatic hydroxyl groups excluding tert-OH is 1. The molecule has 6 aliphatic rings. The van der Waals surface area contributed by atoms with E-state index < -0.39 is 70.3 Å². The van der Waals surface area contributed by atoms with E-state index in [2.05, 4.69) is 5.32 Å². The van der Waals surface area contributed by atoms with Crippen molar-refractivity contribution in [1.29, 1.82) is 0 Å². The van der Waals surface area contributed by atoms with Gasteiger partial charge in [0.2, 0.25) is 11.7 Å². The second-order valence-electron chi connectivity index (χ2n) is 14.6. The number of hydrogen-bond donors (Lipinski definition) is 2. The molecule has 5 fully saturated rings. The van der Waals surface area contributed by atoms with Crippen LogP contribution in [0.25, 0.3) is 0 Å². The van der Waals surface area contributed by atoms with Crippen molar-refractivity contribution in [1.82, 2.24) is 5.32 Å². The quantitative estimate of drug-likeness (QED) is 0.459. The maximum atomic E-state index is 17.6. The summed E-state index contributed by atoms with van der Waals surface area (Å²) in [5.41, 5.74) is -5.06. The lowest BCUT2D eigenvalue weighted by Crippen LogP contribution is -2.70. The molecule has 2 unspecified atom stereocenters. The van der Waals surface area contributed by atoms with Crippen LogP contribution in [0, 0.1) is 34.5 Å². The number of hydrogen-bond acceptors (Lipinski definition) is 8. The molecule has 1 saturated heterocycles. The lowest BCUT2D eigenvalue weighted by molar-refractivity contribution is -0.246. The molecule has 10 atom stereocenters. The normalized spacial score (nSPS) is 46.1. The van der Waals surface area contributed by atoms with Gasteiger partial charge in [0.05, 0.1) is 18.1 Å². The van der Waals surface area contributed by atoms with Gasteiger partial charge in [-0.25, -0.2) is 4.39 Å². The molecule has 0 aromatic heterocycles. The Morgan fingerprint density at radius 3 is 2.53 bits per heavy atom. The van der Waals surface area contributed by atoms with E-state index in [-0.39, 0.29) is 29.9 Å². The van der Waals surface area contributed by atoms with E-state index in [1.165, 1.54) is 12.2 Å². The number of fused-ring (bicyclic) bond motifs is 7. The number of carbonyl (C=O) groups is 4. The van der Waals surface area contributed by atoms with Crippen LogP contribution in [0.4, 0.5) is 4.39 Å². The van der Waals surface area contributed by atoms with Crippen LogP contribution >= 0.6 is 0 Å². The fraction of sp³-hybridized carbons (Fsp3) is 0.758. The lowest BCUT2D eigenvalue weighted by Gasteiger charge is -2.62. The Morgan fingerprint density at radius 2 is 1.81 bits per heavy atom. The van der Waals surface area contributed by atoms with Crippen molar-refractivity contribution < 1.29 is 42.9 Å². The first-order valence-electron chi connectivity index (χ1n) is 15.7. The zero-order valence-electron chi connectivity index (χ0n) is 25.7. The molecule has 0 bridgehead atoms. The van der Waals surface area contributed by atoms with Crippen molar-refractivity contribution >= 4 is 23.4 Å². The van der Waals surface area contributed by atoms with Crippen LogP contribution in [0.1, 0.15) is 79.1 Å². The van der Waals surface area contributed by atoms with Gasteiger partial charge in [0.25, 0.3) is 0 Å². The summed E-state index contributed by atoms with van der Waals surface area (Å²) in [5, 5.41) is 14.4. The van der Waals surface area contributed by atoms with Crippen LogP contribution in [-0.4, -0.2) is 71.5 Å². The number of nitrogens with one attached hydrogen (secondary N) is 1. The van der Waals surface area contributed by atoms with E-state index in [4.69, 9.17) is 14.2 Å². The Morgan fingerprint density at radius 1 is 1.09 bits per heavy atom. The number of aliphatic hydroxyl groups is 1. The highest BCUT2D eigenvalue weighted by molar-refractivity contribution is 6.01. The minimum absolute atomic E-state index is 0.0542. The number of ketones is 2. The Labute approximate surface area is 251 Å². The summed E-state index contributed by atoms with van der Waals surface area (Å²) < 4.78 is 36.0. The summed E-state index contributed by atoms with van der Waals surface area (Å²) >= 11 is 0. The molecule has 5 aliphatic carbocycles. The van der Waals surface area contributed by atoms with E-state index >= 15 is 4.39 Å². The molecular formula is C33H44FNO8. The van der Waals surface area contributed by atoms with Gasteiger partial charge >= 0.3 is 5.97 Å². The third kappa shape index (κ3) is 4.18. The second-order valence-corrected chi connectivity index (χ2v) is 14.6. The molecule has 10 heteroatoms. The van der Waals surface area contributed by atoms with Gasteiger partial charge in [-0.05, 0) is 83.8 Å². The maximum absolute atomic E-state index is 17.6. The molecule has 0 radical (unpaired) electrons. The predicted molar refractivity (Wildman–Crippen MR) is 152 cm³/mol. The van der Waals surface area contributed by atoms with Crippen molar-refractivity contribution in [2.75, 3.05) is 13.7 Å². The molecule has 43 heavy (non-hydrogen) atoms. The molecule has 0 spiro atoms. The van der Waals surface area contributed by atoms with Crippen LogP contribution in [-0.2, 0) is 33.4 Å². The van der Waals surface area contributed by atoms with E-state index in [1.54, 1.807) is 33.9 Å². The zero-order chi connectivity index (χ0) is 31.2. The van der Waals surface area contributed by atoms with Gasteiger partial charge < -0.3 is 24.6 Å². The number of ether oxygens (including phenoxy) is 3. The fourth-order valence-corrected chi connectivity index (χ4v) is 10.0. The van der Waals surface area contributed by atoms with Crippen LogP contribution in [0.15, 0.2) is 23.8 Å². The molecule has 9 nitrogen and oxygen atoms in total. The van der Waals surface area contributed by atoms with Crippen LogP contribution in [0.3, 0.4) is 0 Å². The van der Waals surface area contributed by atoms with Crippen molar-refractivity contribution in [3.63, 3.8) is 0 Å². The highest BCUT2D eigenvalue weighted by Gasteiger charge is 2.80. The number of esters is 1. The standard InChI is InChI=1S/C33H44FNO8/c1-29(2)42-26-15-23-22-10-9-20-14-21(36)11-12-30(20,3)32(22,34)24(37)16-31(23,4)33(26,43-29)25(38)17-41-28(40)19-8-6-7-18(13-19)27(39)35-5/h11-12,14,18-19,22-24,26,37H,6-10,13,15-17H2,1-5H3,(H,35,39)/t18?,19?,22-,23-,24-,26+,30-,31-,32-,33+/m0/s1. The minimum atomic E-state index is -2.05. The van der Waals surface area contributed by atoms with E-state index in [1.807, 2.05) is 6.92 Å². The molecule has 1 aliphatic heterocycles. The zero-order valence-corrected chi connectivity index (χ0v) is 25.7. The highest BCUT2D eigenvalue weighted by atomic mass is 19.1. The van der Waals surface area contributed by atoms with E-state index in [9.17, 15) is 24.3 Å². The van der Waals surface area contributed by atoms with Gasteiger partial charge in [0.1, 0.15) is 0 Å². The Hall–Kier alpha value is -2.43. The first kappa shape index (κ1) is 30.6. The molecular weight excluding hydrogens is 557 g/mol. The lowest BCUT2D eigenvalue weighted by atomic mass is 9.44. The summed E-state index contributed by atoms with van der Waals surface area (Å²) in [6, 6.07) is 0. The summed E-state index contributed by atoms with van der Waals surface area (Å²) in [4.78, 5) is 51.7. The van der Waals surface area contributed by atoms with Gasteiger partial charge in [0.15, 0.2) is 29.4 Å². The molecule has 0 aromatic rings. The van der Waals surface area contributed by atoms with Crippen molar-refractivity contribution in [3.05, 3.63) is 23.8 Å². The summed E-state index contributed by atoms with van der Waals surface area (Å²) in [7, 11) is 1.57. The largest absolute Gasteiger partial charge is 0.457 e. The second kappa shape index (κ2) is 10.0. The first-order chi connectivity index (χ1) is 20.1. The average molecular weight is 602 g/mol. The van der Waals surface area contributed by atoms with Gasteiger partial charge in [-0.15, -0.1) is 0 Å². The van der Waals surface area contributed by atoms with Crippen molar-refractivity contribution in [2.24, 2.45) is 34.5 Å². The summed E-state index contributed by atoms with van der Waals surface area (Å²) in [5.74, 6) is -4.10. The molecule has 4 saturated carbocycles. The Bertz CT molecular complexity index is 1310.